The molecule has 0 radical (unpaired) electrons. The molecule has 7 heteroatoms. The van der Waals surface area contributed by atoms with Crippen molar-refractivity contribution in [1.29, 1.82) is 0 Å². The summed E-state index contributed by atoms with van der Waals surface area (Å²) in [5, 5.41) is 6.74. The van der Waals surface area contributed by atoms with Gasteiger partial charge in [0, 0.05) is 23.3 Å². The van der Waals surface area contributed by atoms with Crippen LogP contribution in [-0.4, -0.2) is 20.7 Å². The number of carbonyl (C=O) groups is 1. The van der Waals surface area contributed by atoms with Gasteiger partial charge in [0.1, 0.15) is 10.7 Å². The van der Waals surface area contributed by atoms with Crippen molar-refractivity contribution in [2.45, 2.75) is 0 Å². The van der Waals surface area contributed by atoms with Crippen LogP contribution in [0.3, 0.4) is 0 Å². The Hall–Kier alpha value is -1.73. The van der Waals surface area contributed by atoms with Gasteiger partial charge >= 0.3 is 0 Å². The van der Waals surface area contributed by atoms with E-state index in [1.54, 1.807) is 37.5 Å². The van der Waals surface area contributed by atoms with Crippen LogP contribution in [0.2, 0.25) is 0 Å². The van der Waals surface area contributed by atoms with E-state index in [-0.39, 0.29) is 5.91 Å². The average molecular weight is 339 g/mol. The van der Waals surface area contributed by atoms with Crippen molar-refractivity contribution in [3.8, 4) is 0 Å². The van der Waals surface area contributed by atoms with Gasteiger partial charge in [-0.1, -0.05) is 12.2 Å². The molecule has 1 aromatic carbocycles. The van der Waals surface area contributed by atoms with Crippen LogP contribution >= 0.6 is 28.1 Å². The van der Waals surface area contributed by atoms with Crippen LogP contribution in [-0.2, 0) is 7.05 Å². The zero-order valence-corrected chi connectivity index (χ0v) is 12.5. The summed E-state index contributed by atoms with van der Waals surface area (Å²) < 4.78 is 2.22. The van der Waals surface area contributed by atoms with Crippen LogP contribution in [0.4, 0.5) is 5.69 Å². The summed E-state index contributed by atoms with van der Waals surface area (Å²) in [5.41, 5.74) is 7.40. The number of amides is 1. The maximum absolute atomic E-state index is 12.0. The first-order valence-electron chi connectivity index (χ1n) is 5.37. The number of nitrogens with two attached hydrogens (primary N) is 1. The van der Waals surface area contributed by atoms with Gasteiger partial charge in [-0.3, -0.25) is 9.48 Å². The highest BCUT2D eigenvalue weighted by molar-refractivity contribution is 9.10. The third-order valence-electron chi connectivity index (χ3n) is 2.56. The van der Waals surface area contributed by atoms with Gasteiger partial charge in [-0.2, -0.15) is 5.10 Å². The van der Waals surface area contributed by atoms with Crippen LogP contribution in [0.25, 0.3) is 0 Å². The molecule has 0 aliphatic carbocycles. The number of aryl methyl sites for hydroxylation is 1. The highest BCUT2D eigenvalue weighted by Crippen LogP contribution is 2.24. The van der Waals surface area contributed by atoms with Gasteiger partial charge < -0.3 is 11.1 Å². The number of benzene rings is 1. The quantitative estimate of drug-likeness (QED) is 0.840. The van der Waals surface area contributed by atoms with Crippen LogP contribution in [0, 0.1) is 0 Å². The van der Waals surface area contributed by atoms with Gasteiger partial charge in [-0.25, -0.2) is 0 Å². The lowest BCUT2D eigenvalue weighted by molar-refractivity contribution is 0.101. The van der Waals surface area contributed by atoms with Gasteiger partial charge in [-0.15, -0.1) is 0 Å². The number of halogens is 1. The number of hydrogen-bond donors (Lipinski definition) is 2. The zero-order chi connectivity index (χ0) is 14.0. The molecule has 0 saturated carbocycles. The number of hydrogen-bond acceptors (Lipinski definition) is 3. The molecule has 2 rings (SSSR count). The second-order valence-electron chi connectivity index (χ2n) is 3.85. The number of carbonyl (C=O) groups excluding carboxylic acids is 1. The number of rotatable bonds is 3. The lowest BCUT2D eigenvalue weighted by Crippen LogP contribution is -2.16. The first kappa shape index (κ1) is 13.7. The minimum Gasteiger partial charge on any atom is -0.389 e. The molecule has 19 heavy (non-hydrogen) atoms. The summed E-state index contributed by atoms with van der Waals surface area (Å²) in [6.45, 7) is 0. The molecule has 2 aromatic rings. The molecule has 0 fully saturated rings. The zero-order valence-electron chi connectivity index (χ0n) is 10.1. The predicted molar refractivity (Wildman–Crippen MR) is 81.2 cm³/mol. The number of nitrogens with zero attached hydrogens (tertiary/aromatic N) is 2. The molecule has 0 aliphatic heterocycles. The van der Waals surface area contributed by atoms with Gasteiger partial charge in [0.25, 0.3) is 5.91 Å². The summed E-state index contributed by atoms with van der Waals surface area (Å²) in [6, 6.07) is 6.91. The summed E-state index contributed by atoms with van der Waals surface area (Å²) in [5.74, 6) is -0.233. The minimum atomic E-state index is -0.233. The largest absolute Gasteiger partial charge is 0.389 e. The van der Waals surface area contributed by atoms with Crippen molar-refractivity contribution >= 4 is 44.7 Å². The van der Waals surface area contributed by atoms with Gasteiger partial charge in [-0.05, 0) is 40.2 Å². The van der Waals surface area contributed by atoms with E-state index < -0.39 is 0 Å². The van der Waals surface area contributed by atoms with E-state index in [4.69, 9.17) is 18.0 Å². The van der Waals surface area contributed by atoms with E-state index in [1.165, 1.54) is 4.68 Å². The molecular formula is C12H11BrN4OS. The van der Waals surface area contributed by atoms with Crippen molar-refractivity contribution in [2.75, 3.05) is 5.32 Å². The molecule has 5 nitrogen and oxygen atoms in total. The first-order valence-corrected chi connectivity index (χ1v) is 6.58. The Morgan fingerprint density at radius 2 is 2.21 bits per heavy atom. The van der Waals surface area contributed by atoms with E-state index in [9.17, 15) is 4.79 Å². The van der Waals surface area contributed by atoms with E-state index in [0.717, 1.165) is 5.56 Å². The second-order valence-corrected chi connectivity index (χ2v) is 5.15. The summed E-state index contributed by atoms with van der Waals surface area (Å²) in [4.78, 5) is 12.3. The summed E-state index contributed by atoms with van der Waals surface area (Å²) in [7, 11) is 1.71. The molecule has 0 aliphatic rings. The van der Waals surface area contributed by atoms with E-state index in [2.05, 4.69) is 26.3 Å². The second kappa shape index (κ2) is 5.50. The van der Waals surface area contributed by atoms with Crippen molar-refractivity contribution in [3.05, 3.63) is 46.2 Å². The van der Waals surface area contributed by atoms with Gasteiger partial charge in [0.05, 0.1) is 5.69 Å². The molecule has 1 amide bonds. The SMILES string of the molecule is Cn1nccc1C(=O)Nc1ccc(C(N)=S)cc1Br. The van der Waals surface area contributed by atoms with Crippen LogP contribution in [0.5, 0.6) is 0 Å². The Morgan fingerprint density at radius 3 is 2.74 bits per heavy atom. The van der Waals surface area contributed by atoms with Gasteiger partial charge in [0.15, 0.2) is 0 Å². The lowest BCUT2D eigenvalue weighted by atomic mass is 10.2. The van der Waals surface area contributed by atoms with Crippen molar-refractivity contribution < 1.29 is 4.79 Å². The number of thiocarbonyl (C=S) groups is 1. The molecular weight excluding hydrogens is 328 g/mol. The van der Waals surface area contributed by atoms with E-state index >= 15 is 0 Å². The lowest BCUT2D eigenvalue weighted by Gasteiger charge is -2.09. The fourth-order valence-corrected chi connectivity index (χ4v) is 2.16. The predicted octanol–water partition coefficient (Wildman–Crippen LogP) is 2.07. The van der Waals surface area contributed by atoms with Crippen molar-refractivity contribution in [3.63, 3.8) is 0 Å². The third kappa shape index (κ3) is 2.99. The number of anilines is 1. The first-order chi connectivity index (χ1) is 8.99. The van der Waals surface area contributed by atoms with Crippen LogP contribution in [0.1, 0.15) is 16.1 Å². The molecule has 0 bridgehead atoms. The van der Waals surface area contributed by atoms with Crippen LogP contribution < -0.4 is 11.1 Å². The molecule has 98 valence electrons. The van der Waals surface area contributed by atoms with Crippen molar-refractivity contribution in [1.82, 2.24) is 9.78 Å². The molecule has 0 saturated heterocycles. The topological polar surface area (TPSA) is 72.9 Å². The Labute approximate surface area is 123 Å². The fraction of sp³-hybridized carbons (Fsp3) is 0.0833. The summed E-state index contributed by atoms with van der Waals surface area (Å²) in [6.07, 6.45) is 1.57. The Bertz CT molecular complexity index is 653. The smallest absolute Gasteiger partial charge is 0.273 e. The van der Waals surface area contributed by atoms with Crippen molar-refractivity contribution in [2.24, 2.45) is 12.8 Å². The third-order valence-corrected chi connectivity index (χ3v) is 3.45. The standard InChI is InChI=1S/C12H11BrN4OS/c1-17-10(4-5-15-17)12(18)16-9-3-2-7(11(14)19)6-8(9)13/h2-6H,1H3,(H2,14,19)(H,16,18). The molecule has 0 unspecified atom stereocenters. The molecule has 3 N–H and O–H groups in total. The number of aromatic nitrogens is 2. The molecule has 0 spiro atoms. The maximum Gasteiger partial charge on any atom is 0.273 e. The maximum atomic E-state index is 12.0. The Balaban J connectivity index is 2.23. The van der Waals surface area contributed by atoms with E-state index in [0.29, 0.717) is 20.8 Å². The van der Waals surface area contributed by atoms with E-state index in [1.807, 2.05) is 0 Å². The molecule has 1 aromatic heterocycles. The summed E-state index contributed by atoms with van der Waals surface area (Å²) >= 11 is 8.27. The highest BCUT2D eigenvalue weighted by Gasteiger charge is 2.12. The average Bonchev–Trinajstić information content (AvgIpc) is 2.77. The minimum absolute atomic E-state index is 0.233. The van der Waals surface area contributed by atoms with Gasteiger partial charge in [0.2, 0.25) is 0 Å². The Morgan fingerprint density at radius 1 is 1.47 bits per heavy atom. The highest BCUT2D eigenvalue weighted by atomic mass is 79.9. The fourth-order valence-electron chi connectivity index (χ4n) is 1.55. The van der Waals surface area contributed by atoms with Crippen LogP contribution in [0.15, 0.2) is 34.9 Å². The molecule has 0 atom stereocenters. The Kier molecular flexibility index (Phi) is 3.96. The monoisotopic (exact) mass is 338 g/mol. The normalized spacial score (nSPS) is 10.2. The number of nitrogens with one attached hydrogen (secondary N) is 1. The molecule has 1 heterocycles.